The van der Waals surface area contributed by atoms with E-state index >= 15 is 0 Å². The molecule has 2 aromatic heterocycles. The summed E-state index contributed by atoms with van der Waals surface area (Å²) in [7, 11) is 1.81. The smallest absolute Gasteiger partial charge is 0.157 e. The molecule has 0 unspecified atom stereocenters. The number of benzene rings is 1. The van der Waals surface area contributed by atoms with Gasteiger partial charge in [-0.05, 0) is 6.07 Å². The first-order valence-corrected chi connectivity index (χ1v) is 5.28. The van der Waals surface area contributed by atoms with Gasteiger partial charge in [-0.2, -0.15) is 5.10 Å². The normalized spacial score (nSPS) is 10.9. The third-order valence-corrected chi connectivity index (χ3v) is 2.73. The van der Waals surface area contributed by atoms with E-state index < -0.39 is 0 Å². The van der Waals surface area contributed by atoms with Crippen LogP contribution >= 0.6 is 0 Å². The van der Waals surface area contributed by atoms with Gasteiger partial charge in [-0.1, -0.05) is 18.2 Å². The van der Waals surface area contributed by atoms with Crippen LogP contribution in [0.15, 0.2) is 42.9 Å². The van der Waals surface area contributed by atoms with Gasteiger partial charge in [-0.15, -0.1) is 0 Å². The first-order valence-electron chi connectivity index (χ1n) is 5.28. The molecule has 0 N–H and O–H groups in total. The molecular formula is C13H10FN3. The average Bonchev–Trinajstić information content (AvgIpc) is 2.77. The molecule has 0 saturated carbocycles. The van der Waals surface area contributed by atoms with Gasteiger partial charge in [0.2, 0.25) is 0 Å². The summed E-state index contributed by atoms with van der Waals surface area (Å²) in [6, 6.07) is 7.27. The second-order valence-corrected chi connectivity index (χ2v) is 3.90. The SMILES string of the molecule is Cn1cc(-c2ccc3cccnc3c2F)cn1. The fourth-order valence-corrected chi connectivity index (χ4v) is 1.89. The van der Waals surface area contributed by atoms with E-state index in [1.54, 1.807) is 42.5 Å². The number of nitrogens with zero attached hydrogens (tertiary/aromatic N) is 3. The Balaban J connectivity index is 2.28. The number of aromatic nitrogens is 3. The number of fused-ring (bicyclic) bond motifs is 1. The highest BCUT2D eigenvalue weighted by atomic mass is 19.1. The van der Waals surface area contributed by atoms with E-state index in [0.29, 0.717) is 11.1 Å². The Morgan fingerprint density at radius 3 is 2.88 bits per heavy atom. The standard InChI is InChI=1S/C13H10FN3/c1-17-8-10(7-16-17)11-5-4-9-3-2-6-15-13(9)12(11)14/h2-8H,1H3. The minimum Gasteiger partial charge on any atom is -0.275 e. The minimum atomic E-state index is -0.295. The molecule has 3 rings (SSSR count). The number of halogens is 1. The summed E-state index contributed by atoms with van der Waals surface area (Å²) >= 11 is 0. The van der Waals surface area contributed by atoms with Crippen molar-refractivity contribution in [2.45, 2.75) is 0 Å². The summed E-state index contributed by atoms with van der Waals surface area (Å²) in [4.78, 5) is 4.07. The predicted molar refractivity (Wildman–Crippen MR) is 63.9 cm³/mol. The first kappa shape index (κ1) is 9.96. The fourth-order valence-electron chi connectivity index (χ4n) is 1.89. The van der Waals surface area contributed by atoms with Crippen LogP contribution in [0.2, 0.25) is 0 Å². The van der Waals surface area contributed by atoms with Gasteiger partial charge in [-0.3, -0.25) is 9.67 Å². The van der Waals surface area contributed by atoms with Gasteiger partial charge < -0.3 is 0 Å². The Hall–Kier alpha value is -2.23. The molecule has 3 aromatic rings. The minimum absolute atomic E-state index is 0.295. The molecule has 0 saturated heterocycles. The highest BCUT2D eigenvalue weighted by molar-refractivity contribution is 5.84. The zero-order valence-electron chi connectivity index (χ0n) is 9.26. The maximum atomic E-state index is 14.3. The monoisotopic (exact) mass is 227 g/mol. The predicted octanol–water partition coefficient (Wildman–Crippen LogP) is 2.77. The van der Waals surface area contributed by atoms with E-state index in [4.69, 9.17) is 0 Å². The number of rotatable bonds is 1. The maximum absolute atomic E-state index is 14.3. The topological polar surface area (TPSA) is 30.7 Å². The maximum Gasteiger partial charge on any atom is 0.157 e. The van der Waals surface area contributed by atoms with Gasteiger partial charge in [0.25, 0.3) is 0 Å². The average molecular weight is 227 g/mol. The van der Waals surface area contributed by atoms with Gasteiger partial charge in [0.15, 0.2) is 5.82 Å². The van der Waals surface area contributed by atoms with Crippen molar-refractivity contribution in [1.82, 2.24) is 14.8 Å². The summed E-state index contributed by atoms with van der Waals surface area (Å²) < 4.78 is 15.9. The molecule has 0 bridgehead atoms. The molecule has 84 valence electrons. The van der Waals surface area contributed by atoms with Crippen molar-refractivity contribution in [2.75, 3.05) is 0 Å². The summed E-state index contributed by atoms with van der Waals surface area (Å²) in [5, 5.41) is 4.85. The molecule has 0 aliphatic rings. The van der Waals surface area contributed by atoms with Gasteiger partial charge in [0, 0.05) is 36.0 Å². The number of hydrogen-bond acceptors (Lipinski definition) is 2. The lowest BCUT2D eigenvalue weighted by Gasteiger charge is -2.03. The van der Waals surface area contributed by atoms with Crippen molar-refractivity contribution < 1.29 is 4.39 Å². The third-order valence-electron chi connectivity index (χ3n) is 2.73. The van der Waals surface area contributed by atoms with Crippen molar-refractivity contribution in [3.63, 3.8) is 0 Å². The van der Waals surface area contributed by atoms with Crippen molar-refractivity contribution >= 4 is 10.9 Å². The molecule has 1 aromatic carbocycles. The summed E-state index contributed by atoms with van der Waals surface area (Å²) in [6.07, 6.45) is 5.03. The van der Waals surface area contributed by atoms with Crippen LogP contribution in [0.25, 0.3) is 22.0 Å². The van der Waals surface area contributed by atoms with Crippen LogP contribution in [0.5, 0.6) is 0 Å². The van der Waals surface area contributed by atoms with Crippen molar-refractivity contribution in [3.05, 3.63) is 48.7 Å². The van der Waals surface area contributed by atoms with E-state index in [1.165, 1.54) is 0 Å². The zero-order valence-corrected chi connectivity index (χ0v) is 9.26. The molecule has 0 spiro atoms. The highest BCUT2D eigenvalue weighted by Gasteiger charge is 2.11. The van der Waals surface area contributed by atoms with Gasteiger partial charge in [0.05, 0.1) is 6.20 Å². The number of hydrogen-bond donors (Lipinski definition) is 0. The van der Waals surface area contributed by atoms with Crippen LogP contribution in [0.4, 0.5) is 4.39 Å². The van der Waals surface area contributed by atoms with Crippen molar-refractivity contribution in [3.8, 4) is 11.1 Å². The van der Waals surface area contributed by atoms with Gasteiger partial charge >= 0.3 is 0 Å². The van der Waals surface area contributed by atoms with E-state index in [1.807, 2.05) is 12.1 Å². The summed E-state index contributed by atoms with van der Waals surface area (Å²) in [5.41, 5.74) is 1.69. The van der Waals surface area contributed by atoms with E-state index in [0.717, 1.165) is 10.9 Å². The van der Waals surface area contributed by atoms with Crippen LogP contribution in [0.3, 0.4) is 0 Å². The lowest BCUT2D eigenvalue weighted by molar-refractivity contribution is 0.640. The second-order valence-electron chi connectivity index (χ2n) is 3.90. The number of aryl methyl sites for hydroxylation is 1. The third kappa shape index (κ3) is 1.58. The molecule has 0 aliphatic carbocycles. The largest absolute Gasteiger partial charge is 0.275 e. The van der Waals surface area contributed by atoms with Crippen LogP contribution in [-0.2, 0) is 7.05 Å². The first-order chi connectivity index (χ1) is 8.25. The van der Waals surface area contributed by atoms with E-state index in [9.17, 15) is 4.39 Å². The van der Waals surface area contributed by atoms with Crippen LogP contribution in [0.1, 0.15) is 0 Å². The summed E-state index contributed by atoms with van der Waals surface area (Å²) in [5.74, 6) is -0.295. The molecule has 4 heteroatoms. The Labute approximate surface area is 97.5 Å². The van der Waals surface area contributed by atoms with Crippen LogP contribution in [0, 0.1) is 5.82 Å². The molecule has 3 nitrogen and oxygen atoms in total. The summed E-state index contributed by atoms with van der Waals surface area (Å²) in [6.45, 7) is 0. The molecule has 0 radical (unpaired) electrons. The number of pyridine rings is 1. The Morgan fingerprint density at radius 1 is 1.24 bits per heavy atom. The molecule has 0 amide bonds. The Kier molecular flexibility index (Phi) is 2.14. The lowest BCUT2D eigenvalue weighted by Crippen LogP contribution is -1.88. The highest BCUT2D eigenvalue weighted by Crippen LogP contribution is 2.27. The fraction of sp³-hybridized carbons (Fsp3) is 0.0769. The zero-order chi connectivity index (χ0) is 11.8. The Bertz CT molecular complexity index is 688. The van der Waals surface area contributed by atoms with Gasteiger partial charge in [0.1, 0.15) is 5.52 Å². The van der Waals surface area contributed by atoms with Crippen LogP contribution < -0.4 is 0 Å². The van der Waals surface area contributed by atoms with Gasteiger partial charge in [-0.25, -0.2) is 4.39 Å². The second kappa shape index (κ2) is 3.66. The quantitative estimate of drug-likeness (QED) is 0.640. The molecule has 17 heavy (non-hydrogen) atoms. The molecule has 2 heterocycles. The van der Waals surface area contributed by atoms with Crippen molar-refractivity contribution in [1.29, 1.82) is 0 Å². The lowest BCUT2D eigenvalue weighted by atomic mass is 10.1. The van der Waals surface area contributed by atoms with Crippen molar-refractivity contribution in [2.24, 2.45) is 7.05 Å². The van der Waals surface area contributed by atoms with E-state index in [2.05, 4.69) is 10.1 Å². The molecule has 0 aliphatic heterocycles. The van der Waals surface area contributed by atoms with Crippen LogP contribution in [-0.4, -0.2) is 14.8 Å². The molecule has 0 atom stereocenters. The molecule has 0 fully saturated rings. The van der Waals surface area contributed by atoms with E-state index in [-0.39, 0.29) is 5.82 Å². The Morgan fingerprint density at radius 2 is 2.12 bits per heavy atom. The molecular weight excluding hydrogens is 217 g/mol.